The van der Waals surface area contributed by atoms with E-state index in [4.69, 9.17) is 4.74 Å². The summed E-state index contributed by atoms with van der Waals surface area (Å²) in [5.74, 6) is 0.679. The average Bonchev–Trinajstić information content (AvgIpc) is 3.29. The number of aromatic nitrogens is 4. The molecule has 0 spiro atoms. The van der Waals surface area contributed by atoms with Crippen molar-refractivity contribution in [1.82, 2.24) is 19.8 Å². The van der Waals surface area contributed by atoms with Gasteiger partial charge in [0.1, 0.15) is 10.8 Å². The number of hydrogen-bond donors (Lipinski definition) is 1. The SMILES string of the molecule is Cc1nnc2sc(-c3ccccc3NC(=O)COc3ccc([N+](=O)[O-])cc3)nn12. The number of aryl methyl sites for hydroxylation is 1. The largest absolute Gasteiger partial charge is 0.484 e. The summed E-state index contributed by atoms with van der Waals surface area (Å²) in [4.78, 5) is 23.2. The van der Waals surface area contributed by atoms with E-state index >= 15 is 0 Å². The van der Waals surface area contributed by atoms with Crippen molar-refractivity contribution in [3.05, 3.63) is 64.5 Å². The zero-order chi connectivity index (χ0) is 20.4. The fourth-order valence-corrected chi connectivity index (χ4v) is 3.53. The van der Waals surface area contributed by atoms with Crippen LogP contribution in [0.3, 0.4) is 0 Å². The summed E-state index contributed by atoms with van der Waals surface area (Å²) in [6, 6.07) is 12.8. The van der Waals surface area contributed by atoms with Crippen LogP contribution in [0.15, 0.2) is 48.5 Å². The van der Waals surface area contributed by atoms with Gasteiger partial charge in [0.15, 0.2) is 12.4 Å². The molecule has 0 atom stereocenters. The third kappa shape index (κ3) is 3.89. The first kappa shape index (κ1) is 18.5. The van der Waals surface area contributed by atoms with Crippen molar-refractivity contribution in [2.75, 3.05) is 11.9 Å². The second-order valence-electron chi connectivity index (χ2n) is 5.98. The highest BCUT2D eigenvalue weighted by atomic mass is 32.1. The number of rotatable bonds is 6. The van der Waals surface area contributed by atoms with E-state index in [1.807, 2.05) is 25.1 Å². The summed E-state index contributed by atoms with van der Waals surface area (Å²) in [6.07, 6.45) is 0. The van der Waals surface area contributed by atoms with Gasteiger partial charge in [-0.25, -0.2) is 0 Å². The minimum atomic E-state index is -0.499. The predicted molar refractivity (Wildman–Crippen MR) is 106 cm³/mol. The standard InChI is InChI=1S/C18H14N6O4S/c1-11-20-21-18-23(11)22-17(29-18)14-4-2-3-5-15(14)19-16(25)10-28-13-8-6-12(7-9-13)24(26)27/h2-9H,10H2,1H3,(H,19,25). The highest BCUT2D eigenvalue weighted by Crippen LogP contribution is 2.31. The molecule has 4 rings (SSSR count). The van der Waals surface area contributed by atoms with Crippen LogP contribution in [0.25, 0.3) is 15.5 Å². The van der Waals surface area contributed by atoms with Gasteiger partial charge < -0.3 is 10.1 Å². The van der Waals surface area contributed by atoms with Gasteiger partial charge in [-0.3, -0.25) is 14.9 Å². The molecule has 11 heteroatoms. The van der Waals surface area contributed by atoms with E-state index < -0.39 is 4.92 Å². The summed E-state index contributed by atoms with van der Waals surface area (Å²) in [7, 11) is 0. The average molecular weight is 410 g/mol. The van der Waals surface area contributed by atoms with Crippen LogP contribution in [0.5, 0.6) is 5.75 Å². The van der Waals surface area contributed by atoms with Gasteiger partial charge in [0.25, 0.3) is 11.6 Å². The summed E-state index contributed by atoms with van der Waals surface area (Å²) in [5.41, 5.74) is 1.30. The number of nitro benzene ring substituents is 1. The van der Waals surface area contributed by atoms with E-state index in [0.29, 0.717) is 27.2 Å². The molecule has 2 aromatic carbocycles. The first-order chi connectivity index (χ1) is 14.0. The topological polar surface area (TPSA) is 125 Å². The first-order valence-electron chi connectivity index (χ1n) is 8.46. The van der Waals surface area contributed by atoms with Gasteiger partial charge in [-0.2, -0.15) is 9.61 Å². The number of anilines is 1. The highest BCUT2D eigenvalue weighted by molar-refractivity contribution is 7.19. The zero-order valence-electron chi connectivity index (χ0n) is 15.1. The molecule has 0 saturated heterocycles. The van der Waals surface area contributed by atoms with E-state index in [0.717, 1.165) is 5.56 Å². The number of nitro groups is 1. The Labute approximate surface area is 167 Å². The molecule has 0 aliphatic rings. The number of nitrogens with one attached hydrogen (secondary N) is 1. The number of fused-ring (bicyclic) bond motifs is 1. The fourth-order valence-electron chi connectivity index (χ4n) is 2.60. The van der Waals surface area contributed by atoms with Crippen LogP contribution in [-0.2, 0) is 4.79 Å². The Balaban J connectivity index is 1.46. The number of amides is 1. The third-order valence-corrected chi connectivity index (χ3v) is 4.93. The minimum absolute atomic E-state index is 0.0454. The number of carbonyl (C=O) groups excluding carboxylic acids is 1. The van der Waals surface area contributed by atoms with Crippen LogP contribution in [0.4, 0.5) is 11.4 Å². The summed E-state index contributed by atoms with van der Waals surface area (Å²) < 4.78 is 7.05. The van der Waals surface area contributed by atoms with Crippen molar-refractivity contribution in [3.8, 4) is 16.3 Å². The molecule has 2 aromatic heterocycles. The third-order valence-electron chi connectivity index (χ3n) is 4.00. The number of carbonyl (C=O) groups is 1. The number of non-ortho nitro benzene ring substituents is 1. The van der Waals surface area contributed by atoms with Gasteiger partial charge in [-0.05, 0) is 31.2 Å². The summed E-state index contributed by atoms with van der Waals surface area (Å²) in [6.45, 7) is 1.57. The lowest BCUT2D eigenvalue weighted by Crippen LogP contribution is -2.20. The Morgan fingerprint density at radius 3 is 2.69 bits per heavy atom. The molecule has 29 heavy (non-hydrogen) atoms. The number of ether oxygens (including phenoxy) is 1. The van der Waals surface area contributed by atoms with Crippen LogP contribution in [0.1, 0.15) is 5.82 Å². The van der Waals surface area contributed by atoms with Gasteiger partial charge >= 0.3 is 0 Å². The molecule has 10 nitrogen and oxygen atoms in total. The zero-order valence-corrected chi connectivity index (χ0v) is 15.9. The van der Waals surface area contributed by atoms with Gasteiger partial charge in [0.05, 0.1) is 10.6 Å². The molecule has 4 aromatic rings. The smallest absolute Gasteiger partial charge is 0.269 e. The summed E-state index contributed by atoms with van der Waals surface area (Å²) in [5, 5.41) is 26.7. The van der Waals surface area contributed by atoms with Gasteiger partial charge in [0.2, 0.25) is 4.96 Å². The molecule has 146 valence electrons. The van der Waals surface area contributed by atoms with Crippen molar-refractivity contribution in [2.24, 2.45) is 0 Å². The minimum Gasteiger partial charge on any atom is -0.484 e. The molecule has 1 N–H and O–H groups in total. The van der Waals surface area contributed by atoms with E-state index in [1.165, 1.54) is 35.6 Å². The second-order valence-corrected chi connectivity index (χ2v) is 6.94. The first-order valence-corrected chi connectivity index (χ1v) is 9.28. The quantitative estimate of drug-likeness (QED) is 0.382. The fraction of sp³-hybridized carbons (Fsp3) is 0.111. The molecule has 0 unspecified atom stereocenters. The maximum Gasteiger partial charge on any atom is 0.269 e. The van der Waals surface area contributed by atoms with Crippen LogP contribution < -0.4 is 10.1 Å². The molecule has 0 bridgehead atoms. The van der Waals surface area contributed by atoms with Gasteiger partial charge in [0, 0.05) is 17.7 Å². The van der Waals surface area contributed by atoms with Gasteiger partial charge in [-0.1, -0.05) is 23.5 Å². The van der Waals surface area contributed by atoms with Crippen molar-refractivity contribution < 1.29 is 14.5 Å². The maximum absolute atomic E-state index is 12.3. The lowest BCUT2D eigenvalue weighted by atomic mass is 10.2. The number of para-hydroxylation sites is 1. The Hall–Kier alpha value is -3.86. The second kappa shape index (κ2) is 7.64. The Morgan fingerprint density at radius 1 is 1.21 bits per heavy atom. The predicted octanol–water partition coefficient (Wildman–Crippen LogP) is 3.09. The monoisotopic (exact) mass is 410 g/mol. The summed E-state index contributed by atoms with van der Waals surface area (Å²) >= 11 is 1.37. The van der Waals surface area contributed by atoms with E-state index in [2.05, 4.69) is 20.6 Å². The van der Waals surface area contributed by atoms with E-state index in [-0.39, 0.29) is 18.2 Å². The number of hydrogen-bond acceptors (Lipinski definition) is 8. The number of nitrogens with zero attached hydrogens (tertiary/aromatic N) is 5. The molecule has 0 aliphatic heterocycles. The van der Waals surface area contributed by atoms with Crippen LogP contribution in [0, 0.1) is 17.0 Å². The molecular weight excluding hydrogens is 396 g/mol. The Kier molecular flexibility index (Phi) is 4.87. The van der Waals surface area contributed by atoms with Crippen LogP contribution in [-0.4, -0.2) is 37.2 Å². The molecule has 1 amide bonds. The normalized spacial score (nSPS) is 10.8. The Bertz CT molecular complexity index is 1200. The molecule has 0 radical (unpaired) electrons. The lowest BCUT2D eigenvalue weighted by molar-refractivity contribution is -0.384. The van der Waals surface area contributed by atoms with Crippen LogP contribution in [0.2, 0.25) is 0 Å². The molecule has 0 fully saturated rings. The molecule has 0 saturated carbocycles. The van der Waals surface area contributed by atoms with Crippen molar-refractivity contribution in [2.45, 2.75) is 6.92 Å². The Morgan fingerprint density at radius 2 is 1.97 bits per heavy atom. The highest BCUT2D eigenvalue weighted by Gasteiger charge is 2.15. The van der Waals surface area contributed by atoms with E-state index in [9.17, 15) is 14.9 Å². The number of benzene rings is 2. The molecular formula is C18H14N6O4S. The van der Waals surface area contributed by atoms with Crippen molar-refractivity contribution in [1.29, 1.82) is 0 Å². The molecule has 0 aliphatic carbocycles. The molecule has 2 heterocycles. The lowest BCUT2D eigenvalue weighted by Gasteiger charge is -2.10. The van der Waals surface area contributed by atoms with Gasteiger partial charge in [-0.15, -0.1) is 10.2 Å². The maximum atomic E-state index is 12.3. The van der Waals surface area contributed by atoms with Crippen molar-refractivity contribution in [3.63, 3.8) is 0 Å². The van der Waals surface area contributed by atoms with Crippen LogP contribution >= 0.6 is 11.3 Å². The van der Waals surface area contributed by atoms with Crippen molar-refractivity contribution >= 4 is 33.6 Å². The van der Waals surface area contributed by atoms with E-state index in [1.54, 1.807) is 10.6 Å².